The molecular formula is C38H46N4O4. The van der Waals surface area contributed by atoms with Gasteiger partial charge in [0.15, 0.2) is 0 Å². The molecule has 3 amide bonds. The third kappa shape index (κ3) is 7.03. The predicted octanol–water partition coefficient (Wildman–Crippen LogP) is 4.48. The molecule has 0 aromatic heterocycles. The molecule has 0 spiro atoms. The van der Waals surface area contributed by atoms with E-state index in [0.29, 0.717) is 19.4 Å². The van der Waals surface area contributed by atoms with Crippen molar-refractivity contribution in [1.29, 1.82) is 0 Å². The number of ether oxygens (including phenoxy) is 1. The molecule has 2 heterocycles. The van der Waals surface area contributed by atoms with Crippen molar-refractivity contribution in [3.63, 3.8) is 0 Å². The molecule has 0 radical (unpaired) electrons. The molecule has 4 unspecified atom stereocenters. The molecule has 2 aliphatic heterocycles. The van der Waals surface area contributed by atoms with E-state index in [1.54, 1.807) is 11.9 Å². The van der Waals surface area contributed by atoms with Crippen molar-refractivity contribution in [1.82, 2.24) is 20.9 Å². The van der Waals surface area contributed by atoms with Crippen LogP contribution in [0.25, 0.3) is 0 Å². The Morgan fingerprint density at radius 3 is 2.17 bits per heavy atom. The first kappa shape index (κ1) is 32.0. The Kier molecular flexibility index (Phi) is 10.1. The number of aryl methyl sites for hydroxylation is 3. The van der Waals surface area contributed by atoms with Crippen LogP contribution in [0.15, 0.2) is 84.9 Å². The fourth-order valence-corrected chi connectivity index (χ4v) is 7.83. The monoisotopic (exact) mass is 622 g/mol. The van der Waals surface area contributed by atoms with Crippen LogP contribution in [0.4, 0.5) is 0 Å². The third-order valence-corrected chi connectivity index (χ3v) is 10.1. The van der Waals surface area contributed by atoms with Crippen molar-refractivity contribution in [2.24, 2.45) is 5.41 Å². The highest BCUT2D eigenvalue weighted by atomic mass is 16.5. The number of likely N-dealkylation sites (N-methyl/N-ethyl adjacent to an activating group) is 1. The number of hydrogen-bond acceptors (Lipinski definition) is 5. The number of hydrogen-bond donors (Lipinski definition) is 3. The van der Waals surface area contributed by atoms with E-state index in [-0.39, 0.29) is 30.3 Å². The largest absolute Gasteiger partial charge is 0.358 e. The Labute approximate surface area is 272 Å². The van der Waals surface area contributed by atoms with Crippen molar-refractivity contribution in [2.75, 3.05) is 20.2 Å². The van der Waals surface area contributed by atoms with Crippen molar-refractivity contribution in [3.05, 3.63) is 107 Å². The maximum absolute atomic E-state index is 14.8. The van der Waals surface area contributed by atoms with E-state index in [1.807, 2.05) is 42.5 Å². The molecule has 3 aliphatic rings. The van der Waals surface area contributed by atoms with Gasteiger partial charge >= 0.3 is 0 Å². The first-order chi connectivity index (χ1) is 22.5. The van der Waals surface area contributed by atoms with Gasteiger partial charge in [0.1, 0.15) is 18.3 Å². The lowest BCUT2D eigenvalue weighted by Crippen LogP contribution is -2.58. The highest BCUT2D eigenvalue weighted by Gasteiger charge is 2.58. The molecular weight excluding hydrogens is 576 g/mol. The van der Waals surface area contributed by atoms with Crippen LogP contribution < -0.4 is 16.0 Å². The van der Waals surface area contributed by atoms with Gasteiger partial charge in [0.25, 0.3) is 0 Å². The zero-order valence-corrected chi connectivity index (χ0v) is 26.8. The summed E-state index contributed by atoms with van der Waals surface area (Å²) in [6, 6.07) is 27.4. The standard InChI is InChI=1S/C38H46N4O4/c1-39-26-33(43)40-32-21-24-46-34-25-38(22-19-27-11-4-2-5-12-27,23-20-28-13-6-3-7-14-28)35(42(34)37(32)45)36(44)41-31-18-10-16-29-15-8-9-17-30(29)31/h2-9,11-15,17,31-32,34-35,39H,10,16,18-26H2,1H3,(H,40,43)(H,41,44). The summed E-state index contributed by atoms with van der Waals surface area (Å²) in [5.74, 6) is -0.625. The van der Waals surface area contributed by atoms with Gasteiger partial charge in [0, 0.05) is 18.3 Å². The topological polar surface area (TPSA) is 99.8 Å². The van der Waals surface area contributed by atoms with Crippen LogP contribution in [0.1, 0.15) is 66.8 Å². The van der Waals surface area contributed by atoms with E-state index in [1.165, 1.54) is 16.7 Å². The lowest BCUT2D eigenvalue weighted by molar-refractivity contribution is -0.150. The Hall–Kier alpha value is -4.01. The van der Waals surface area contributed by atoms with Crippen LogP contribution in [-0.2, 0) is 38.4 Å². The van der Waals surface area contributed by atoms with E-state index in [4.69, 9.17) is 4.74 Å². The lowest BCUT2D eigenvalue weighted by Gasteiger charge is -2.39. The molecule has 6 rings (SSSR count). The second-order valence-electron chi connectivity index (χ2n) is 13.1. The number of carbonyl (C=O) groups is 3. The molecule has 3 N–H and O–H groups in total. The average molecular weight is 623 g/mol. The molecule has 1 aliphatic carbocycles. The minimum atomic E-state index is -0.754. The van der Waals surface area contributed by atoms with Crippen LogP contribution in [0.3, 0.4) is 0 Å². The van der Waals surface area contributed by atoms with E-state index in [0.717, 1.165) is 50.5 Å². The molecule has 4 atom stereocenters. The highest BCUT2D eigenvalue weighted by molar-refractivity contribution is 5.94. The van der Waals surface area contributed by atoms with Crippen molar-refractivity contribution >= 4 is 17.7 Å². The summed E-state index contributed by atoms with van der Waals surface area (Å²) in [7, 11) is 1.70. The molecule has 0 bridgehead atoms. The first-order valence-electron chi connectivity index (χ1n) is 16.8. The Morgan fingerprint density at radius 1 is 0.848 bits per heavy atom. The zero-order valence-electron chi connectivity index (χ0n) is 26.8. The average Bonchev–Trinajstić information content (AvgIpc) is 3.33. The molecule has 8 nitrogen and oxygen atoms in total. The second-order valence-corrected chi connectivity index (χ2v) is 13.1. The van der Waals surface area contributed by atoms with Crippen molar-refractivity contribution in [2.45, 2.75) is 82.1 Å². The van der Waals surface area contributed by atoms with Gasteiger partial charge in [0.2, 0.25) is 17.7 Å². The second kappa shape index (κ2) is 14.6. The van der Waals surface area contributed by atoms with Crippen LogP contribution >= 0.6 is 0 Å². The molecule has 2 saturated heterocycles. The number of nitrogens with zero attached hydrogens (tertiary/aromatic N) is 1. The van der Waals surface area contributed by atoms with Gasteiger partial charge in [-0.1, -0.05) is 84.9 Å². The minimum absolute atomic E-state index is 0.108. The number of benzene rings is 3. The van der Waals surface area contributed by atoms with Crippen molar-refractivity contribution < 1.29 is 19.1 Å². The van der Waals surface area contributed by atoms with Gasteiger partial charge in [-0.15, -0.1) is 0 Å². The fraction of sp³-hybridized carbons (Fsp3) is 0.447. The van der Waals surface area contributed by atoms with Crippen LogP contribution in [0.5, 0.6) is 0 Å². The van der Waals surface area contributed by atoms with E-state index < -0.39 is 23.7 Å². The van der Waals surface area contributed by atoms with Gasteiger partial charge in [-0.25, -0.2) is 0 Å². The summed E-state index contributed by atoms with van der Waals surface area (Å²) in [4.78, 5) is 43.6. The molecule has 46 heavy (non-hydrogen) atoms. The molecule has 3 aromatic carbocycles. The van der Waals surface area contributed by atoms with Gasteiger partial charge in [-0.05, 0) is 74.2 Å². The number of fused-ring (bicyclic) bond motifs is 2. The zero-order chi connectivity index (χ0) is 31.9. The van der Waals surface area contributed by atoms with Gasteiger partial charge in [0.05, 0.1) is 19.2 Å². The van der Waals surface area contributed by atoms with E-state index in [9.17, 15) is 14.4 Å². The Morgan fingerprint density at radius 2 is 1.50 bits per heavy atom. The van der Waals surface area contributed by atoms with Gasteiger partial charge < -0.3 is 25.6 Å². The quantitative estimate of drug-likeness (QED) is 0.293. The number of rotatable bonds is 11. The molecule has 2 fully saturated rings. The van der Waals surface area contributed by atoms with Crippen LogP contribution in [-0.4, -0.2) is 61.1 Å². The van der Waals surface area contributed by atoms with Gasteiger partial charge in [-0.2, -0.15) is 0 Å². The minimum Gasteiger partial charge on any atom is -0.358 e. The summed E-state index contributed by atoms with van der Waals surface area (Å²) < 4.78 is 6.41. The summed E-state index contributed by atoms with van der Waals surface area (Å²) in [5.41, 5.74) is 4.29. The highest BCUT2D eigenvalue weighted by Crippen LogP contribution is 2.49. The van der Waals surface area contributed by atoms with Crippen LogP contribution in [0, 0.1) is 5.41 Å². The van der Waals surface area contributed by atoms with E-state index >= 15 is 0 Å². The Bertz CT molecular complexity index is 1450. The Balaban J connectivity index is 1.37. The fourth-order valence-electron chi connectivity index (χ4n) is 7.83. The number of amides is 3. The SMILES string of the molecule is CNCC(=O)NC1CCOC2CC(CCc3ccccc3)(CCc3ccccc3)C(C(=O)NC3CCCc4ccccc43)N2C1=O. The maximum atomic E-state index is 14.8. The van der Waals surface area contributed by atoms with Crippen molar-refractivity contribution in [3.8, 4) is 0 Å². The van der Waals surface area contributed by atoms with E-state index in [2.05, 4.69) is 58.4 Å². The normalized spacial score (nSPS) is 23.6. The lowest BCUT2D eigenvalue weighted by atomic mass is 9.70. The maximum Gasteiger partial charge on any atom is 0.247 e. The third-order valence-electron chi connectivity index (χ3n) is 10.1. The number of carbonyl (C=O) groups excluding carboxylic acids is 3. The summed E-state index contributed by atoms with van der Waals surface area (Å²) >= 11 is 0. The molecule has 0 saturated carbocycles. The molecule has 3 aromatic rings. The molecule has 8 heteroatoms. The van der Waals surface area contributed by atoms with Crippen LogP contribution in [0.2, 0.25) is 0 Å². The summed E-state index contributed by atoms with van der Waals surface area (Å²) in [6.07, 6.45) is 6.25. The predicted molar refractivity (Wildman–Crippen MR) is 178 cm³/mol. The smallest absolute Gasteiger partial charge is 0.247 e. The summed E-state index contributed by atoms with van der Waals surface area (Å²) in [5, 5.41) is 9.21. The van der Waals surface area contributed by atoms with Gasteiger partial charge in [-0.3, -0.25) is 14.4 Å². The summed E-state index contributed by atoms with van der Waals surface area (Å²) in [6.45, 7) is 0.437. The number of nitrogens with one attached hydrogen (secondary N) is 3. The first-order valence-corrected chi connectivity index (χ1v) is 16.8. The molecule has 242 valence electrons.